The van der Waals surface area contributed by atoms with Crippen LogP contribution in [0.5, 0.6) is 0 Å². The fourth-order valence-corrected chi connectivity index (χ4v) is 3.05. The Morgan fingerprint density at radius 3 is 2.75 bits per heavy atom. The molecule has 1 aromatic heterocycles. The largest absolute Gasteiger partial charge is 0.356 e. The zero-order chi connectivity index (χ0) is 17.4. The number of aromatic nitrogens is 1. The van der Waals surface area contributed by atoms with Gasteiger partial charge in [-0.3, -0.25) is 9.89 Å². The average Bonchev–Trinajstić information content (AvgIpc) is 2.60. The van der Waals surface area contributed by atoms with Gasteiger partial charge in [-0.25, -0.2) is 4.98 Å². The molecule has 1 aliphatic rings. The topological polar surface area (TPSA) is 52.6 Å². The van der Waals surface area contributed by atoms with Crippen LogP contribution in [-0.4, -0.2) is 55.1 Å². The second-order valence-corrected chi connectivity index (χ2v) is 7.07. The molecule has 0 spiro atoms. The minimum atomic E-state index is 0.525. The standard InChI is InChI=1S/C18H30ClN5/c1-14-7-10-24(11-8-14)15(2)12-23-18(20-3)21-9-6-16-4-5-17(19)22-13-16/h4-5,13-15H,6-12H2,1-3H3,(H2,20,21,23). The SMILES string of the molecule is CN=C(NCCc1ccc(Cl)nc1)NCC(C)N1CCC(C)CC1. The Balaban J connectivity index is 1.67. The summed E-state index contributed by atoms with van der Waals surface area (Å²) in [6, 6.07) is 4.36. The molecule has 0 aliphatic carbocycles. The molecule has 5 nitrogen and oxygen atoms in total. The Hall–Kier alpha value is -1.33. The van der Waals surface area contributed by atoms with Crippen LogP contribution in [0.15, 0.2) is 23.3 Å². The molecule has 2 heterocycles. The van der Waals surface area contributed by atoms with Crippen LogP contribution in [0.1, 0.15) is 32.3 Å². The van der Waals surface area contributed by atoms with E-state index in [0.717, 1.165) is 37.0 Å². The molecule has 1 fully saturated rings. The van der Waals surface area contributed by atoms with Gasteiger partial charge in [-0.2, -0.15) is 0 Å². The zero-order valence-electron chi connectivity index (χ0n) is 15.1. The van der Waals surface area contributed by atoms with Crippen molar-refractivity contribution >= 4 is 17.6 Å². The summed E-state index contributed by atoms with van der Waals surface area (Å²) in [6.07, 6.45) is 5.34. The lowest BCUT2D eigenvalue weighted by Crippen LogP contribution is -2.48. The van der Waals surface area contributed by atoms with E-state index in [1.54, 1.807) is 0 Å². The number of halogens is 1. The van der Waals surface area contributed by atoms with E-state index in [-0.39, 0.29) is 0 Å². The summed E-state index contributed by atoms with van der Waals surface area (Å²) in [5.74, 6) is 1.73. The third kappa shape index (κ3) is 6.29. The molecule has 1 unspecified atom stereocenters. The number of pyridine rings is 1. The number of rotatable bonds is 6. The molecule has 1 saturated heterocycles. The minimum Gasteiger partial charge on any atom is -0.356 e. The zero-order valence-corrected chi connectivity index (χ0v) is 15.8. The summed E-state index contributed by atoms with van der Waals surface area (Å²) in [4.78, 5) is 11.0. The molecular weight excluding hydrogens is 322 g/mol. The second kappa shape index (κ2) is 9.84. The summed E-state index contributed by atoms with van der Waals surface area (Å²) in [5, 5.41) is 7.32. The Morgan fingerprint density at radius 1 is 1.38 bits per heavy atom. The molecule has 24 heavy (non-hydrogen) atoms. The van der Waals surface area contributed by atoms with Crippen molar-refractivity contribution in [3.63, 3.8) is 0 Å². The van der Waals surface area contributed by atoms with Crippen LogP contribution in [0, 0.1) is 5.92 Å². The molecule has 0 saturated carbocycles. The van der Waals surface area contributed by atoms with Gasteiger partial charge in [0.25, 0.3) is 0 Å². The normalized spacial score (nSPS) is 18.4. The van der Waals surface area contributed by atoms with Crippen molar-refractivity contribution in [3.05, 3.63) is 29.0 Å². The molecule has 2 N–H and O–H groups in total. The van der Waals surface area contributed by atoms with Gasteiger partial charge >= 0.3 is 0 Å². The highest BCUT2D eigenvalue weighted by Gasteiger charge is 2.20. The van der Waals surface area contributed by atoms with Crippen LogP contribution in [0.4, 0.5) is 0 Å². The highest BCUT2D eigenvalue weighted by Crippen LogP contribution is 2.17. The molecule has 6 heteroatoms. The van der Waals surface area contributed by atoms with Crippen molar-refractivity contribution in [2.45, 2.75) is 39.2 Å². The third-order valence-electron chi connectivity index (χ3n) is 4.72. The first-order valence-electron chi connectivity index (χ1n) is 8.87. The molecule has 1 aromatic rings. The van der Waals surface area contributed by atoms with Gasteiger partial charge in [0.2, 0.25) is 0 Å². The molecule has 2 rings (SSSR count). The maximum Gasteiger partial charge on any atom is 0.191 e. The number of guanidine groups is 1. The minimum absolute atomic E-state index is 0.525. The van der Waals surface area contributed by atoms with Gasteiger partial charge in [0, 0.05) is 32.4 Å². The Labute approximate surface area is 150 Å². The van der Waals surface area contributed by atoms with Gasteiger partial charge in [-0.05, 0) is 56.8 Å². The quantitative estimate of drug-likeness (QED) is 0.470. The van der Waals surface area contributed by atoms with Crippen LogP contribution in [0.2, 0.25) is 5.15 Å². The van der Waals surface area contributed by atoms with Crippen LogP contribution < -0.4 is 10.6 Å². The first kappa shape index (κ1) is 19.0. The van der Waals surface area contributed by atoms with E-state index in [4.69, 9.17) is 11.6 Å². The monoisotopic (exact) mass is 351 g/mol. The van der Waals surface area contributed by atoms with E-state index in [0.29, 0.717) is 11.2 Å². The molecule has 1 atom stereocenters. The smallest absolute Gasteiger partial charge is 0.191 e. The molecule has 1 aliphatic heterocycles. The number of likely N-dealkylation sites (tertiary alicyclic amines) is 1. The molecular formula is C18H30ClN5. The van der Waals surface area contributed by atoms with Gasteiger partial charge in [0.05, 0.1) is 0 Å². The lowest BCUT2D eigenvalue weighted by atomic mass is 9.98. The summed E-state index contributed by atoms with van der Waals surface area (Å²) in [7, 11) is 1.81. The molecule has 0 amide bonds. The number of aliphatic imine (C=N–C) groups is 1. The van der Waals surface area contributed by atoms with Gasteiger partial charge in [0.15, 0.2) is 5.96 Å². The maximum atomic E-state index is 5.80. The van der Waals surface area contributed by atoms with Crippen molar-refractivity contribution in [2.24, 2.45) is 10.9 Å². The highest BCUT2D eigenvalue weighted by atomic mass is 35.5. The number of piperidine rings is 1. The number of nitrogens with zero attached hydrogens (tertiary/aromatic N) is 3. The van der Waals surface area contributed by atoms with Crippen molar-refractivity contribution in [3.8, 4) is 0 Å². The van der Waals surface area contributed by atoms with Crippen LogP contribution in [-0.2, 0) is 6.42 Å². The first-order chi connectivity index (χ1) is 11.6. The lowest BCUT2D eigenvalue weighted by Gasteiger charge is -2.35. The fourth-order valence-electron chi connectivity index (χ4n) is 2.94. The van der Waals surface area contributed by atoms with Gasteiger partial charge in [-0.1, -0.05) is 24.6 Å². The van der Waals surface area contributed by atoms with Gasteiger partial charge < -0.3 is 10.6 Å². The molecule has 134 valence electrons. The first-order valence-corrected chi connectivity index (χ1v) is 9.25. The van der Waals surface area contributed by atoms with Crippen LogP contribution in [0.3, 0.4) is 0 Å². The van der Waals surface area contributed by atoms with E-state index in [2.05, 4.69) is 39.4 Å². The van der Waals surface area contributed by atoms with Crippen molar-refractivity contribution in [2.75, 3.05) is 33.2 Å². The summed E-state index contributed by atoms with van der Waals surface area (Å²) in [6.45, 7) is 8.78. The van der Waals surface area contributed by atoms with Crippen LogP contribution in [0.25, 0.3) is 0 Å². The Kier molecular flexibility index (Phi) is 7.79. The fraction of sp³-hybridized carbons (Fsp3) is 0.667. The van der Waals surface area contributed by atoms with E-state index in [1.165, 1.54) is 25.9 Å². The van der Waals surface area contributed by atoms with E-state index < -0.39 is 0 Å². The summed E-state index contributed by atoms with van der Waals surface area (Å²) < 4.78 is 0. The lowest BCUT2D eigenvalue weighted by molar-refractivity contribution is 0.147. The van der Waals surface area contributed by atoms with Crippen molar-refractivity contribution in [1.29, 1.82) is 0 Å². The number of nitrogens with one attached hydrogen (secondary N) is 2. The van der Waals surface area contributed by atoms with E-state index in [9.17, 15) is 0 Å². The highest BCUT2D eigenvalue weighted by molar-refractivity contribution is 6.29. The second-order valence-electron chi connectivity index (χ2n) is 6.69. The van der Waals surface area contributed by atoms with E-state index >= 15 is 0 Å². The van der Waals surface area contributed by atoms with Gasteiger partial charge in [-0.15, -0.1) is 0 Å². The Morgan fingerprint density at radius 2 is 2.12 bits per heavy atom. The predicted octanol–water partition coefficient (Wildman–Crippen LogP) is 2.56. The van der Waals surface area contributed by atoms with Crippen molar-refractivity contribution in [1.82, 2.24) is 20.5 Å². The predicted molar refractivity (Wildman–Crippen MR) is 102 cm³/mol. The summed E-state index contributed by atoms with van der Waals surface area (Å²) in [5.41, 5.74) is 1.16. The van der Waals surface area contributed by atoms with Gasteiger partial charge in [0.1, 0.15) is 5.15 Å². The molecule has 0 bridgehead atoms. The van der Waals surface area contributed by atoms with E-state index in [1.807, 2.05) is 25.4 Å². The summed E-state index contributed by atoms with van der Waals surface area (Å²) >= 11 is 5.80. The maximum absolute atomic E-state index is 5.80. The van der Waals surface area contributed by atoms with Crippen molar-refractivity contribution < 1.29 is 0 Å². The Bertz CT molecular complexity index is 509. The average molecular weight is 352 g/mol. The number of hydrogen-bond donors (Lipinski definition) is 2. The van der Waals surface area contributed by atoms with Crippen LogP contribution >= 0.6 is 11.6 Å². The number of hydrogen-bond acceptors (Lipinski definition) is 3. The molecule has 0 radical (unpaired) electrons. The molecule has 0 aromatic carbocycles. The third-order valence-corrected chi connectivity index (χ3v) is 4.95.